The summed E-state index contributed by atoms with van der Waals surface area (Å²) in [4.78, 5) is 6.54. The number of unbranched alkanes of at least 4 members (excludes halogenated alkanes) is 2. The summed E-state index contributed by atoms with van der Waals surface area (Å²) in [6, 6.07) is 0. The molecule has 19 heavy (non-hydrogen) atoms. The zero-order valence-corrected chi connectivity index (χ0v) is 12.3. The molecule has 0 spiro atoms. The highest BCUT2D eigenvalue weighted by Gasteiger charge is 1.99. The van der Waals surface area contributed by atoms with Gasteiger partial charge in [0.25, 0.3) is 0 Å². The van der Waals surface area contributed by atoms with Gasteiger partial charge >= 0.3 is 0 Å². The largest absolute Gasteiger partial charge is 0.369 e. The summed E-state index contributed by atoms with van der Waals surface area (Å²) >= 11 is 0. The lowest BCUT2D eigenvalue weighted by Gasteiger charge is -2.10. The van der Waals surface area contributed by atoms with Gasteiger partial charge in [-0.05, 0) is 33.5 Å². The van der Waals surface area contributed by atoms with Gasteiger partial charge in [-0.15, -0.1) is 5.10 Å². The molecule has 1 heterocycles. The molecule has 0 amide bonds. The Morgan fingerprint density at radius 2 is 1.89 bits per heavy atom. The van der Waals surface area contributed by atoms with Crippen molar-refractivity contribution in [2.45, 2.75) is 32.6 Å². The molecule has 0 saturated heterocycles. The molecule has 1 rings (SSSR count). The van der Waals surface area contributed by atoms with E-state index in [2.05, 4.69) is 51.7 Å². The molecule has 1 aromatic rings. The first-order chi connectivity index (χ1) is 9.22. The molecule has 6 heteroatoms. The summed E-state index contributed by atoms with van der Waals surface area (Å²) < 4.78 is 0. The minimum absolute atomic E-state index is 0.597. The van der Waals surface area contributed by atoms with E-state index in [9.17, 15) is 0 Å². The lowest BCUT2D eigenvalue weighted by atomic mass is 10.2. The fraction of sp³-hybridized carbons (Fsp3) is 0.769. The Hall–Kier alpha value is -1.43. The maximum Gasteiger partial charge on any atom is 0.244 e. The number of nitrogens with zero attached hydrogens (tertiary/aromatic N) is 4. The van der Waals surface area contributed by atoms with Crippen LogP contribution in [0.1, 0.15) is 32.6 Å². The fourth-order valence-corrected chi connectivity index (χ4v) is 1.65. The Morgan fingerprint density at radius 3 is 2.63 bits per heavy atom. The SMILES string of the molecule is CCCCCNc1cnnc(NCCCN(C)C)n1. The number of hydrogen-bond acceptors (Lipinski definition) is 6. The summed E-state index contributed by atoms with van der Waals surface area (Å²) in [6.07, 6.45) is 6.34. The predicted molar refractivity (Wildman–Crippen MR) is 79.5 cm³/mol. The van der Waals surface area contributed by atoms with Gasteiger partial charge in [0.05, 0.1) is 6.20 Å². The van der Waals surface area contributed by atoms with Crippen molar-refractivity contribution in [1.82, 2.24) is 20.1 Å². The van der Waals surface area contributed by atoms with E-state index < -0.39 is 0 Å². The molecule has 0 atom stereocenters. The van der Waals surface area contributed by atoms with Crippen LogP contribution in [0.15, 0.2) is 6.20 Å². The number of anilines is 2. The average Bonchev–Trinajstić information content (AvgIpc) is 2.40. The highest BCUT2D eigenvalue weighted by Crippen LogP contribution is 2.04. The number of rotatable bonds is 10. The van der Waals surface area contributed by atoms with Crippen LogP contribution in [0.3, 0.4) is 0 Å². The molecule has 0 fully saturated rings. The Balaban J connectivity index is 2.27. The van der Waals surface area contributed by atoms with Gasteiger partial charge in [-0.25, -0.2) is 0 Å². The van der Waals surface area contributed by atoms with Crippen LogP contribution in [-0.4, -0.2) is 53.8 Å². The second kappa shape index (κ2) is 9.49. The predicted octanol–water partition coefficient (Wildman–Crippen LogP) is 1.84. The quantitative estimate of drug-likeness (QED) is 0.630. The van der Waals surface area contributed by atoms with Crippen LogP contribution < -0.4 is 10.6 Å². The lowest BCUT2D eigenvalue weighted by Crippen LogP contribution is -2.17. The van der Waals surface area contributed by atoms with E-state index in [0.29, 0.717) is 5.95 Å². The Bertz CT molecular complexity index is 342. The van der Waals surface area contributed by atoms with Crippen LogP contribution in [0.5, 0.6) is 0 Å². The van der Waals surface area contributed by atoms with Gasteiger partial charge < -0.3 is 15.5 Å². The molecule has 0 aromatic carbocycles. The van der Waals surface area contributed by atoms with E-state index in [1.807, 2.05) is 0 Å². The summed E-state index contributed by atoms with van der Waals surface area (Å²) in [5.74, 6) is 1.39. The van der Waals surface area contributed by atoms with Crippen molar-refractivity contribution < 1.29 is 0 Å². The Labute approximate surface area is 116 Å². The summed E-state index contributed by atoms with van der Waals surface area (Å²) in [5, 5.41) is 14.4. The fourth-order valence-electron chi connectivity index (χ4n) is 1.65. The van der Waals surface area contributed by atoms with Crippen LogP contribution in [0.2, 0.25) is 0 Å². The molecule has 0 radical (unpaired) electrons. The topological polar surface area (TPSA) is 66.0 Å². The molecule has 108 valence electrons. The lowest BCUT2D eigenvalue weighted by molar-refractivity contribution is 0.405. The van der Waals surface area contributed by atoms with Crippen LogP contribution in [0.25, 0.3) is 0 Å². The molecule has 0 bridgehead atoms. The smallest absolute Gasteiger partial charge is 0.244 e. The molecule has 1 aromatic heterocycles. The zero-order chi connectivity index (χ0) is 13.9. The summed E-state index contributed by atoms with van der Waals surface area (Å²) in [5.41, 5.74) is 0. The molecule has 2 N–H and O–H groups in total. The third-order valence-corrected chi connectivity index (χ3v) is 2.71. The first kappa shape index (κ1) is 15.6. The zero-order valence-electron chi connectivity index (χ0n) is 12.3. The normalized spacial score (nSPS) is 10.7. The van der Waals surface area contributed by atoms with Crippen LogP contribution >= 0.6 is 0 Å². The van der Waals surface area contributed by atoms with Crippen molar-refractivity contribution in [3.8, 4) is 0 Å². The highest BCUT2D eigenvalue weighted by atomic mass is 15.3. The van der Waals surface area contributed by atoms with Gasteiger partial charge in [-0.3, -0.25) is 0 Å². The number of nitrogens with one attached hydrogen (secondary N) is 2. The molecular formula is C13H26N6. The van der Waals surface area contributed by atoms with E-state index in [1.54, 1.807) is 6.20 Å². The third kappa shape index (κ3) is 7.56. The van der Waals surface area contributed by atoms with Crippen molar-refractivity contribution in [3.63, 3.8) is 0 Å². The van der Waals surface area contributed by atoms with Crippen LogP contribution in [0.4, 0.5) is 11.8 Å². The highest BCUT2D eigenvalue weighted by molar-refractivity contribution is 5.36. The first-order valence-electron chi connectivity index (χ1n) is 7.04. The van der Waals surface area contributed by atoms with Crippen molar-refractivity contribution in [1.29, 1.82) is 0 Å². The van der Waals surface area contributed by atoms with E-state index in [-0.39, 0.29) is 0 Å². The summed E-state index contributed by atoms with van der Waals surface area (Å²) in [7, 11) is 4.14. The maximum atomic E-state index is 4.38. The van der Waals surface area contributed by atoms with E-state index >= 15 is 0 Å². The van der Waals surface area contributed by atoms with Gasteiger partial charge in [0.1, 0.15) is 5.82 Å². The number of hydrogen-bond donors (Lipinski definition) is 2. The van der Waals surface area contributed by atoms with Gasteiger partial charge in [0.15, 0.2) is 0 Å². The van der Waals surface area contributed by atoms with Crippen molar-refractivity contribution >= 4 is 11.8 Å². The van der Waals surface area contributed by atoms with Gasteiger partial charge in [-0.1, -0.05) is 19.8 Å². The van der Waals surface area contributed by atoms with Gasteiger partial charge in [-0.2, -0.15) is 10.1 Å². The minimum Gasteiger partial charge on any atom is -0.369 e. The van der Waals surface area contributed by atoms with E-state index in [0.717, 1.165) is 38.3 Å². The van der Waals surface area contributed by atoms with Crippen molar-refractivity contribution in [2.24, 2.45) is 0 Å². The van der Waals surface area contributed by atoms with Crippen molar-refractivity contribution in [2.75, 3.05) is 44.4 Å². The Kier molecular flexibility index (Phi) is 7.81. The van der Waals surface area contributed by atoms with Crippen LogP contribution in [0, 0.1) is 0 Å². The average molecular weight is 266 g/mol. The maximum absolute atomic E-state index is 4.38. The first-order valence-corrected chi connectivity index (χ1v) is 7.04. The Morgan fingerprint density at radius 1 is 1.11 bits per heavy atom. The summed E-state index contributed by atoms with van der Waals surface area (Å²) in [6.45, 7) is 5.04. The molecule has 6 nitrogen and oxygen atoms in total. The van der Waals surface area contributed by atoms with Crippen LogP contribution in [-0.2, 0) is 0 Å². The van der Waals surface area contributed by atoms with E-state index in [1.165, 1.54) is 12.8 Å². The standard InChI is InChI=1S/C13H26N6/c1-4-5-6-8-14-12-11-16-18-13(17-12)15-9-7-10-19(2)3/h11H,4-10H2,1-3H3,(H2,14,15,17,18). The third-order valence-electron chi connectivity index (χ3n) is 2.71. The molecule has 0 aliphatic heterocycles. The monoisotopic (exact) mass is 266 g/mol. The van der Waals surface area contributed by atoms with E-state index in [4.69, 9.17) is 0 Å². The molecule has 0 aliphatic rings. The number of aromatic nitrogens is 3. The minimum atomic E-state index is 0.597. The van der Waals surface area contributed by atoms with Gasteiger partial charge in [0.2, 0.25) is 5.95 Å². The van der Waals surface area contributed by atoms with Crippen molar-refractivity contribution in [3.05, 3.63) is 6.20 Å². The molecule has 0 saturated carbocycles. The van der Waals surface area contributed by atoms with Gasteiger partial charge in [0, 0.05) is 13.1 Å². The molecule has 0 aliphatic carbocycles. The molecular weight excluding hydrogens is 240 g/mol. The second-order valence-corrected chi connectivity index (χ2v) is 4.88. The molecule has 0 unspecified atom stereocenters. The second-order valence-electron chi connectivity index (χ2n) is 4.88.